The van der Waals surface area contributed by atoms with Gasteiger partial charge in [0.15, 0.2) is 16.5 Å². The van der Waals surface area contributed by atoms with E-state index in [0.29, 0.717) is 16.6 Å². The fraction of sp³-hybridized carbons (Fsp3) is 0.590. The summed E-state index contributed by atoms with van der Waals surface area (Å²) in [4.78, 5) is 0. The summed E-state index contributed by atoms with van der Waals surface area (Å²) in [5, 5.41) is 2.72. The molecule has 9 heteroatoms. The molecule has 0 atom stereocenters. The van der Waals surface area contributed by atoms with Crippen LogP contribution >= 0.6 is 28.7 Å². The first-order valence-corrected chi connectivity index (χ1v) is 23.2. The average Bonchev–Trinajstić information content (AvgIpc) is 3.77. The van der Waals surface area contributed by atoms with E-state index < -0.39 is 16.5 Å². The second kappa shape index (κ2) is 20.5. The molecule has 2 aromatic carbocycles. The van der Waals surface area contributed by atoms with Crippen LogP contribution in [0, 0.1) is 0 Å². The topological polar surface area (TPSA) is 31.4 Å². The summed E-state index contributed by atoms with van der Waals surface area (Å²) in [6.45, 7) is 31.0. The minimum atomic E-state index is -1.66. The maximum atomic E-state index is 4.94. The van der Waals surface area contributed by atoms with Gasteiger partial charge in [0.25, 0.3) is 0 Å². The van der Waals surface area contributed by atoms with E-state index in [9.17, 15) is 0 Å². The Balaban J connectivity index is 0.000000384. The monoisotopic (exact) mass is 770 g/mol. The number of halogens is 1. The van der Waals surface area contributed by atoms with Gasteiger partial charge in [-0.25, -0.2) is 0 Å². The van der Waals surface area contributed by atoms with Crippen LogP contribution in [0.4, 0.5) is 0 Å². The number of para-hydroxylation sites is 2. The van der Waals surface area contributed by atoms with E-state index in [4.69, 9.17) is 4.74 Å². The molecule has 4 aromatic rings. The van der Waals surface area contributed by atoms with Crippen molar-refractivity contribution in [1.29, 1.82) is 0 Å². The van der Waals surface area contributed by atoms with Gasteiger partial charge in [-0.1, -0.05) is 127 Å². The van der Waals surface area contributed by atoms with Gasteiger partial charge in [0, 0.05) is 40.3 Å². The van der Waals surface area contributed by atoms with Crippen molar-refractivity contribution in [1.82, 2.24) is 8.47 Å². The Hall–Kier alpha value is -1.39. The van der Waals surface area contributed by atoms with Crippen LogP contribution in [0.5, 0.6) is 0 Å². The standard InChI is InChI=1S/C17H26BrNSi.C17H27NSi.C4H8O.CH4.BHNS/c1-12(2)20(13(3)4,14(5)6)19-11-16(18)15-9-7-8-10-17(15)19;1-13(2)19(14(3)4,15(5)6)18-12-11-16-9-7-8-10-17(16)18;1-2-4-5-3-1;;1-2-3/h7-14H,1-6H3;7-15H,1-6H3;1-4H2;1H4;3H. The number of hydrogen-bond donors (Lipinski definition) is 1. The van der Waals surface area contributed by atoms with Crippen LogP contribution < -0.4 is 0 Å². The number of hydrogen-bond acceptors (Lipinski definition) is 3. The van der Waals surface area contributed by atoms with E-state index in [0.717, 1.165) is 29.8 Å². The SMILES string of the molecule is C.C1CCOC1.CC(C)[Si](C(C)C)(C(C)C)n1cc(Br)c2ccccc21.CC(C)[Si](C(C)C)(C(C)C)n1ccc2ccccc21.[B]=NS. The van der Waals surface area contributed by atoms with Gasteiger partial charge < -0.3 is 13.2 Å². The number of thiol groups is 1. The molecule has 2 aromatic heterocycles. The number of nitrogens with zero attached hydrogens (tertiary/aromatic N) is 3. The fourth-order valence-corrected chi connectivity index (χ4v) is 23.0. The van der Waals surface area contributed by atoms with E-state index in [1.54, 1.807) is 0 Å². The van der Waals surface area contributed by atoms with Crippen LogP contribution in [0.2, 0.25) is 33.2 Å². The number of fused-ring (bicyclic) bond motifs is 2. The molecular formula is C39H66BBrN3OSSi2. The minimum absolute atomic E-state index is 0. The molecule has 0 bridgehead atoms. The van der Waals surface area contributed by atoms with Crippen LogP contribution in [0.15, 0.2) is 75.8 Å². The molecule has 0 spiro atoms. The van der Waals surface area contributed by atoms with E-state index in [-0.39, 0.29) is 7.43 Å². The van der Waals surface area contributed by atoms with Gasteiger partial charge in [-0.05, 0) is 91.8 Å². The second-order valence-electron chi connectivity index (χ2n) is 14.7. The zero-order chi connectivity index (χ0) is 35.5. The quantitative estimate of drug-likeness (QED) is 0.140. The number of aromatic nitrogens is 2. The Morgan fingerprint density at radius 2 is 1.06 bits per heavy atom. The first-order chi connectivity index (χ1) is 22.2. The van der Waals surface area contributed by atoms with E-state index in [1.165, 1.54) is 39.1 Å². The Bertz CT molecular complexity index is 1460. The third-order valence-electron chi connectivity index (χ3n) is 10.5. The van der Waals surface area contributed by atoms with Crippen molar-refractivity contribution in [3.8, 4) is 0 Å². The summed E-state index contributed by atoms with van der Waals surface area (Å²) < 4.78 is 14.2. The number of ether oxygens (including phenoxy) is 1. The van der Waals surface area contributed by atoms with Crippen molar-refractivity contribution in [3.63, 3.8) is 0 Å². The van der Waals surface area contributed by atoms with Crippen LogP contribution in [0.25, 0.3) is 21.8 Å². The molecule has 1 fully saturated rings. The molecule has 1 aliphatic rings. The average molecular weight is 772 g/mol. The van der Waals surface area contributed by atoms with E-state index in [2.05, 4.69) is 199 Å². The summed E-state index contributed by atoms with van der Waals surface area (Å²) in [6.07, 6.45) is 7.24. The van der Waals surface area contributed by atoms with Gasteiger partial charge in [0.2, 0.25) is 0 Å². The van der Waals surface area contributed by atoms with Gasteiger partial charge in [0.1, 0.15) is 0 Å². The summed E-state index contributed by atoms with van der Waals surface area (Å²) >= 11 is 6.95. The molecule has 267 valence electrons. The number of benzene rings is 2. The van der Waals surface area contributed by atoms with Gasteiger partial charge in [-0.15, -0.1) is 0 Å². The molecule has 0 saturated carbocycles. The zero-order valence-corrected chi connectivity index (χ0v) is 35.8. The van der Waals surface area contributed by atoms with Crippen molar-refractivity contribution in [2.45, 2.75) is 137 Å². The molecule has 5 rings (SSSR count). The predicted molar refractivity (Wildman–Crippen MR) is 228 cm³/mol. The Labute approximate surface area is 311 Å². The maximum absolute atomic E-state index is 4.94. The molecule has 3 heterocycles. The normalized spacial score (nSPS) is 13.4. The van der Waals surface area contributed by atoms with Crippen molar-refractivity contribution in [3.05, 3.63) is 71.5 Å². The summed E-state index contributed by atoms with van der Waals surface area (Å²) in [5.41, 5.74) is 7.17. The summed E-state index contributed by atoms with van der Waals surface area (Å²) in [7, 11) is 1.08. The molecule has 0 amide bonds. The Morgan fingerprint density at radius 3 is 1.48 bits per heavy atom. The molecule has 1 aliphatic heterocycles. The molecule has 0 unspecified atom stereocenters. The van der Waals surface area contributed by atoms with Crippen LogP contribution in [-0.4, -0.2) is 45.8 Å². The van der Waals surface area contributed by atoms with Crippen molar-refractivity contribution < 1.29 is 4.74 Å². The van der Waals surface area contributed by atoms with Crippen molar-refractivity contribution in [2.75, 3.05) is 13.2 Å². The molecule has 1 radical (unpaired) electrons. The van der Waals surface area contributed by atoms with E-state index in [1.807, 2.05) is 0 Å². The predicted octanol–water partition coefficient (Wildman–Crippen LogP) is 13.7. The first-order valence-electron chi connectivity index (χ1n) is 17.6. The van der Waals surface area contributed by atoms with Crippen molar-refractivity contribution in [2.24, 2.45) is 4.30 Å². The van der Waals surface area contributed by atoms with Crippen LogP contribution in [0.1, 0.15) is 103 Å². The molecule has 48 heavy (non-hydrogen) atoms. The molecule has 0 N–H and O–H groups in total. The van der Waals surface area contributed by atoms with Gasteiger partial charge in [0.05, 0.1) is 0 Å². The van der Waals surface area contributed by atoms with Crippen LogP contribution in [0.3, 0.4) is 0 Å². The van der Waals surface area contributed by atoms with Gasteiger partial charge in [-0.2, -0.15) is 0 Å². The van der Waals surface area contributed by atoms with Gasteiger partial charge >= 0.3 is 24.8 Å². The number of rotatable bonds is 8. The Kier molecular flexibility index (Phi) is 19.0. The Morgan fingerprint density at radius 1 is 0.667 bits per heavy atom. The fourth-order valence-electron chi connectivity index (χ4n) is 9.06. The first kappa shape index (κ1) is 44.6. The molecular weight excluding hydrogens is 705 g/mol. The molecule has 4 nitrogen and oxygen atoms in total. The third-order valence-corrected chi connectivity index (χ3v) is 24.6. The van der Waals surface area contributed by atoms with Crippen LogP contribution in [-0.2, 0) is 4.74 Å². The van der Waals surface area contributed by atoms with Crippen molar-refractivity contribution >= 4 is 74.7 Å². The molecule has 0 aliphatic carbocycles. The second-order valence-corrected chi connectivity index (χ2v) is 27.3. The van der Waals surface area contributed by atoms with Gasteiger partial charge in [-0.3, -0.25) is 0 Å². The zero-order valence-electron chi connectivity index (χ0n) is 31.3. The third kappa shape index (κ3) is 9.48. The summed E-state index contributed by atoms with van der Waals surface area (Å²) in [6, 6.07) is 19.9. The summed E-state index contributed by atoms with van der Waals surface area (Å²) in [5.74, 6) is 0. The molecule has 1 saturated heterocycles. The van der Waals surface area contributed by atoms with E-state index >= 15 is 0 Å².